The number of hydrogen-bond donors (Lipinski definition) is 2. The van der Waals surface area contributed by atoms with Crippen LogP contribution in [0.1, 0.15) is 44.1 Å². The molecule has 1 aromatic rings. The Kier molecular flexibility index (Phi) is 4.88. The molecule has 1 aromatic carbocycles. The fraction of sp³-hybridized carbons (Fsp3) is 0.579. The predicted octanol–water partition coefficient (Wildman–Crippen LogP) is 2.58. The molecule has 1 fully saturated rings. The number of aromatic hydroxyl groups is 1. The molecular formula is C19H27N3O3. The lowest BCUT2D eigenvalue weighted by molar-refractivity contribution is -0.132. The standard InChI is InChI=1S/C19H27N3O3/c1-13-8-9-15(23)10-16(13)25-12-19(11-14-6-4-3-5-7-14)17(24)22(2)18(20)21-19/h8-10,14,23H,3-7,11-12H2,1-2H3,(H2,20,21). The molecule has 1 aliphatic carbocycles. The number of benzene rings is 1. The minimum absolute atomic E-state index is 0.103. The summed E-state index contributed by atoms with van der Waals surface area (Å²) in [5.74, 6) is 1.32. The first kappa shape index (κ1) is 17.6. The van der Waals surface area contributed by atoms with Crippen LogP contribution in [0.15, 0.2) is 23.2 Å². The van der Waals surface area contributed by atoms with Gasteiger partial charge in [0.2, 0.25) is 0 Å². The number of aryl methyl sites for hydroxylation is 1. The average molecular weight is 345 g/mol. The SMILES string of the molecule is Cc1ccc(O)cc1OCC1(CC2CCCCC2)N=C(N)N(C)C1=O. The van der Waals surface area contributed by atoms with Gasteiger partial charge in [-0.05, 0) is 30.9 Å². The number of guanidine groups is 1. The number of likely N-dealkylation sites (N-methyl/N-ethyl adjacent to an activating group) is 1. The zero-order chi connectivity index (χ0) is 18.0. The van der Waals surface area contributed by atoms with Gasteiger partial charge in [-0.15, -0.1) is 0 Å². The first-order valence-corrected chi connectivity index (χ1v) is 8.97. The van der Waals surface area contributed by atoms with E-state index >= 15 is 0 Å². The maximum absolute atomic E-state index is 12.9. The zero-order valence-electron chi connectivity index (χ0n) is 15.0. The maximum Gasteiger partial charge on any atom is 0.260 e. The third-order valence-corrected chi connectivity index (χ3v) is 5.36. The lowest BCUT2D eigenvalue weighted by Gasteiger charge is -2.31. The number of nitrogens with two attached hydrogens (primary N) is 1. The van der Waals surface area contributed by atoms with E-state index in [2.05, 4.69) is 4.99 Å². The van der Waals surface area contributed by atoms with Crippen molar-refractivity contribution in [2.75, 3.05) is 13.7 Å². The first-order valence-electron chi connectivity index (χ1n) is 8.97. The number of phenolic OH excluding ortho intramolecular Hbond substituents is 1. The van der Waals surface area contributed by atoms with Crippen LogP contribution in [0.3, 0.4) is 0 Å². The minimum Gasteiger partial charge on any atom is -0.508 e. The molecule has 3 rings (SSSR count). The number of ether oxygens (including phenoxy) is 1. The van der Waals surface area contributed by atoms with E-state index in [0.717, 1.165) is 18.4 Å². The van der Waals surface area contributed by atoms with Gasteiger partial charge in [-0.3, -0.25) is 9.69 Å². The summed E-state index contributed by atoms with van der Waals surface area (Å²) in [5.41, 5.74) is 5.88. The lowest BCUT2D eigenvalue weighted by atomic mass is 9.79. The van der Waals surface area contributed by atoms with Crippen LogP contribution < -0.4 is 10.5 Å². The van der Waals surface area contributed by atoms with Gasteiger partial charge in [0.1, 0.15) is 18.1 Å². The number of nitrogens with zero attached hydrogens (tertiary/aromatic N) is 2. The summed E-state index contributed by atoms with van der Waals surface area (Å²) < 4.78 is 5.94. The van der Waals surface area contributed by atoms with Crippen molar-refractivity contribution in [2.24, 2.45) is 16.6 Å². The molecule has 0 radical (unpaired) electrons. The highest BCUT2D eigenvalue weighted by Gasteiger charge is 2.48. The van der Waals surface area contributed by atoms with Crippen LogP contribution in [0.5, 0.6) is 11.5 Å². The fourth-order valence-corrected chi connectivity index (χ4v) is 3.85. The van der Waals surface area contributed by atoms with Crippen LogP contribution in [0, 0.1) is 12.8 Å². The average Bonchev–Trinajstić information content (AvgIpc) is 2.81. The molecule has 0 saturated heterocycles. The number of rotatable bonds is 5. The van der Waals surface area contributed by atoms with Gasteiger partial charge in [-0.2, -0.15) is 0 Å². The Hall–Kier alpha value is -2.24. The van der Waals surface area contributed by atoms with Gasteiger partial charge in [0.25, 0.3) is 5.91 Å². The summed E-state index contributed by atoms with van der Waals surface area (Å²) >= 11 is 0. The van der Waals surface area contributed by atoms with Crippen LogP contribution in [0.25, 0.3) is 0 Å². The zero-order valence-corrected chi connectivity index (χ0v) is 15.0. The van der Waals surface area contributed by atoms with E-state index in [1.54, 1.807) is 25.2 Å². The van der Waals surface area contributed by atoms with Gasteiger partial charge in [-0.25, -0.2) is 4.99 Å². The molecule has 1 aliphatic heterocycles. The number of aliphatic imine (C=N–C) groups is 1. The smallest absolute Gasteiger partial charge is 0.260 e. The molecule has 1 heterocycles. The molecule has 6 nitrogen and oxygen atoms in total. The third-order valence-electron chi connectivity index (χ3n) is 5.36. The molecule has 2 aliphatic rings. The van der Waals surface area contributed by atoms with Crippen LogP contribution in [0.2, 0.25) is 0 Å². The quantitative estimate of drug-likeness (QED) is 0.858. The number of hydrogen-bond acceptors (Lipinski definition) is 5. The van der Waals surface area contributed by atoms with Gasteiger partial charge in [-0.1, -0.05) is 38.2 Å². The van der Waals surface area contributed by atoms with E-state index in [9.17, 15) is 9.90 Å². The van der Waals surface area contributed by atoms with E-state index < -0.39 is 5.54 Å². The molecule has 3 N–H and O–H groups in total. The van der Waals surface area contributed by atoms with Gasteiger partial charge in [0, 0.05) is 13.1 Å². The Labute approximate surface area is 148 Å². The van der Waals surface area contributed by atoms with Crippen molar-refractivity contribution in [1.29, 1.82) is 0 Å². The van der Waals surface area contributed by atoms with Crippen LogP contribution in [-0.2, 0) is 4.79 Å². The second-order valence-corrected chi connectivity index (χ2v) is 7.31. The van der Waals surface area contributed by atoms with Crippen molar-refractivity contribution < 1.29 is 14.6 Å². The lowest BCUT2D eigenvalue weighted by Crippen LogP contribution is -2.47. The van der Waals surface area contributed by atoms with E-state index in [0.29, 0.717) is 18.1 Å². The van der Waals surface area contributed by atoms with Crippen LogP contribution >= 0.6 is 0 Å². The normalized spacial score (nSPS) is 24.5. The molecule has 1 atom stereocenters. The van der Waals surface area contributed by atoms with Crippen LogP contribution in [-0.4, -0.2) is 41.1 Å². The van der Waals surface area contributed by atoms with E-state index in [1.165, 1.54) is 24.2 Å². The van der Waals surface area contributed by atoms with E-state index in [-0.39, 0.29) is 24.2 Å². The molecule has 0 bridgehead atoms. The molecule has 0 spiro atoms. The molecule has 136 valence electrons. The van der Waals surface area contributed by atoms with Crippen molar-refractivity contribution in [3.05, 3.63) is 23.8 Å². The van der Waals surface area contributed by atoms with E-state index in [4.69, 9.17) is 10.5 Å². The number of carbonyl (C=O) groups is 1. The summed E-state index contributed by atoms with van der Waals surface area (Å²) in [4.78, 5) is 18.8. The Morgan fingerprint density at radius 2 is 2.08 bits per heavy atom. The second kappa shape index (κ2) is 6.94. The number of phenols is 1. The largest absolute Gasteiger partial charge is 0.508 e. The second-order valence-electron chi connectivity index (χ2n) is 7.31. The van der Waals surface area contributed by atoms with Crippen molar-refractivity contribution in [3.8, 4) is 11.5 Å². The summed E-state index contributed by atoms with van der Waals surface area (Å²) in [6.07, 6.45) is 6.59. The highest BCUT2D eigenvalue weighted by Crippen LogP contribution is 2.36. The molecule has 0 aromatic heterocycles. The highest BCUT2D eigenvalue weighted by atomic mass is 16.5. The monoisotopic (exact) mass is 345 g/mol. The van der Waals surface area contributed by atoms with Crippen LogP contribution in [0.4, 0.5) is 0 Å². The maximum atomic E-state index is 12.9. The molecule has 1 saturated carbocycles. The third kappa shape index (κ3) is 3.57. The van der Waals surface area contributed by atoms with Gasteiger partial charge >= 0.3 is 0 Å². The number of amides is 1. The van der Waals surface area contributed by atoms with Gasteiger partial charge in [0.15, 0.2) is 11.5 Å². The Balaban J connectivity index is 1.81. The summed E-state index contributed by atoms with van der Waals surface area (Å²) in [5, 5.41) is 9.69. The van der Waals surface area contributed by atoms with Crippen molar-refractivity contribution in [2.45, 2.75) is 51.0 Å². The Morgan fingerprint density at radius 3 is 2.72 bits per heavy atom. The van der Waals surface area contributed by atoms with Gasteiger partial charge < -0.3 is 15.6 Å². The Morgan fingerprint density at radius 1 is 1.36 bits per heavy atom. The predicted molar refractivity (Wildman–Crippen MR) is 96.7 cm³/mol. The Bertz CT molecular complexity index is 682. The molecular weight excluding hydrogens is 318 g/mol. The minimum atomic E-state index is -0.960. The molecule has 25 heavy (non-hydrogen) atoms. The molecule has 6 heteroatoms. The molecule has 1 amide bonds. The van der Waals surface area contributed by atoms with Crippen molar-refractivity contribution >= 4 is 11.9 Å². The molecule has 1 unspecified atom stereocenters. The summed E-state index contributed by atoms with van der Waals surface area (Å²) in [6.45, 7) is 2.04. The van der Waals surface area contributed by atoms with Crippen molar-refractivity contribution in [3.63, 3.8) is 0 Å². The first-order chi connectivity index (χ1) is 11.9. The summed E-state index contributed by atoms with van der Waals surface area (Å²) in [6, 6.07) is 4.98. The fourth-order valence-electron chi connectivity index (χ4n) is 3.85. The van der Waals surface area contributed by atoms with Gasteiger partial charge in [0.05, 0.1) is 0 Å². The van der Waals surface area contributed by atoms with Crippen molar-refractivity contribution in [1.82, 2.24) is 4.90 Å². The summed E-state index contributed by atoms with van der Waals surface area (Å²) in [7, 11) is 1.66. The topological polar surface area (TPSA) is 88.2 Å². The number of carbonyl (C=O) groups excluding carboxylic acids is 1. The van der Waals surface area contributed by atoms with E-state index in [1.807, 2.05) is 6.92 Å². The highest BCUT2D eigenvalue weighted by molar-refractivity contribution is 6.06.